The molecular formula is C29H27ClN4O2S. The van der Waals surface area contributed by atoms with E-state index in [0.717, 1.165) is 33.7 Å². The Morgan fingerprint density at radius 2 is 1.68 bits per heavy atom. The Hall–Kier alpha value is -3.42. The third kappa shape index (κ3) is 5.78. The van der Waals surface area contributed by atoms with Gasteiger partial charge in [-0.2, -0.15) is 10.1 Å². The summed E-state index contributed by atoms with van der Waals surface area (Å²) < 4.78 is 0. The SMILES string of the molecule is Cc1ccc(C2=NN(C3=NC(=O)[C@@H](CC(=O)Nc4cc(C)cc(C)c4)S3)[C@H](c3ccc(Cl)cc3)C2)cc1. The van der Waals surface area contributed by atoms with Crippen LogP contribution in [0.1, 0.15) is 46.7 Å². The van der Waals surface area contributed by atoms with E-state index in [4.69, 9.17) is 16.7 Å². The summed E-state index contributed by atoms with van der Waals surface area (Å²) in [6.45, 7) is 6.02. The van der Waals surface area contributed by atoms with Crippen LogP contribution in [0, 0.1) is 20.8 Å². The Bertz CT molecular complexity index is 1400. The second-order valence-corrected chi connectivity index (χ2v) is 11.1. The summed E-state index contributed by atoms with van der Waals surface area (Å²) in [5, 5.41) is 10.2. The molecule has 0 fully saturated rings. The number of amidine groups is 1. The van der Waals surface area contributed by atoms with Crippen LogP contribution in [0.25, 0.3) is 0 Å². The number of halogens is 1. The van der Waals surface area contributed by atoms with Gasteiger partial charge in [-0.25, -0.2) is 5.01 Å². The molecule has 2 heterocycles. The lowest BCUT2D eigenvalue weighted by Crippen LogP contribution is -2.25. The highest BCUT2D eigenvalue weighted by molar-refractivity contribution is 8.15. The van der Waals surface area contributed by atoms with Crippen molar-refractivity contribution in [3.63, 3.8) is 0 Å². The molecule has 37 heavy (non-hydrogen) atoms. The number of hydrazone groups is 1. The molecule has 2 atom stereocenters. The second kappa shape index (κ2) is 10.5. The Kier molecular flexibility index (Phi) is 7.17. The molecule has 6 nitrogen and oxygen atoms in total. The van der Waals surface area contributed by atoms with Gasteiger partial charge in [0, 0.05) is 23.6 Å². The normalized spacial score (nSPS) is 19.1. The smallest absolute Gasteiger partial charge is 0.262 e. The fourth-order valence-electron chi connectivity index (χ4n) is 4.58. The molecule has 3 aromatic carbocycles. The van der Waals surface area contributed by atoms with Gasteiger partial charge in [0.05, 0.1) is 11.8 Å². The van der Waals surface area contributed by atoms with Crippen LogP contribution in [0.4, 0.5) is 5.69 Å². The molecule has 0 radical (unpaired) electrons. The Morgan fingerprint density at radius 3 is 2.35 bits per heavy atom. The summed E-state index contributed by atoms with van der Waals surface area (Å²) in [5.74, 6) is -0.531. The zero-order chi connectivity index (χ0) is 26.1. The molecule has 3 aromatic rings. The third-order valence-electron chi connectivity index (χ3n) is 6.35. The van der Waals surface area contributed by atoms with Gasteiger partial charge in [0.1, 0.15) is 5.25 Å². The van der Waals surface area contributed by atoms with Gasteiger partial charge < -0.3 is 5.32 Å². The molecule has 2 aliphatic heterocycles. The highest BCUT2D eigenvalue weighted by Gasteiger charge is 2.39. The summed E-state index contributed by atoms with van der Waals surface area (Å²) >= 11 is 7.43. The monoisotopic (exact) mass is 530 g/mol. The highest BCUT2D eigenvalue weighted by Crippen LogP contribution is 2.39. The minimum Gasteiger partial charge on any atom is -0.326 e. The predicted molar refractivity (Wildman–Crippen MR) is 151 cm³/mol. The molecule has 188 valence electrons. The van der Waals surface area contributed by atoms with E-state index in [0.29, 0.717) is 16.6 Å². The first kappa shape index (κ1) is 25.2. The van der Waals surface area contributed by atoms with Crippen molar-refractivity contribution in [3.05, 3.63) is 99.6 Å². The van der Waals surface area contributed by atoms with Gasteiger partial charge in [-0.05, 0) is 67.3 Å². The van der Waals surface area contributed by atoms with Gasteiger partial charge in [-0.1, -0.05) is 71.4 Å². The zero-order valence-electron chi connectivity index (χ0n) is 20.9. The average Bonchev–Trinajstić information content (AvgIpc) is 3.43. The predicted octanol–water partition coefficient (Wildman–Crippen LogP) is 6.44. The molecule has 2 amide bonds. The molecular weight excluding hydrogens is 504 g/mol. The van der Waals surface area contributed by atoms with E-state index >= 15 is 0 Å². The van der Waals surface area contributed by atoms with Crippen LogP contribution in [-0.2, 0) is 9.59 Å². The topological polar surface area (TPSA) is 74.1 Å². The van der Waals surface area contributed by atoms with Crippen LogP contribution in [-0.4, -0.2) is 33.0 Å². The molecule has 0 aromatic heterocycles. The van der Waals surface area contributed by atoms with Crippen molar-refractivity contribution < 1.29 is 9.59 Å². The fraction of sp³-hybridized carbons (Fsp3) is 0.241. The summed E-state index contributed by atoms with van der Waals surface area (Å²) in [6, 6.07) is 21.7. The molecule has 0 saturated heterocycles. The fourth-order valence-corrected chi connectivity index (χ4v) is 5.77. The van der Waals surface area contributed by atoms with E-state index in [1.165, 1.54) is 17.3 Å². The number of hydrogen-bond acceptors (Lipinski definition) is 5. The zero-order valence-corrected chi connectivity index (χ0v) is 22.4. The lowest BCUT2D eigenvalue weighted by Gasteiger charge is -2.23. The molecule has 0 saturated carbocycles. The quantitative estimate of drug-likeness (QED) is 0.411. The average molecular weight is 531 g/mol. The van der Waals surface area contributed by atoms with Gasteiger partial charge in [0.15, 0.2) is 5.17 Å². The van der Waals surface area contributed by atoms with Gasteiger partial charge >= 0.3 is 0 Å². The van der Waals surface area contributed by atoms with Crippen molar-refractivity contribution in [3.8, 4) is 0 Å². The molecule has 0 spiro atoms. The van der Waals surface area contributed by atoms with Crippen molar-refractivity contribution in [2.45, 2.75) is 44.9 Å². The van der Waals surface area contributed by atoms with Crippen LogP contribution in [0.2, 0.25) is 5.02 Å². The number of carbonyl (C=O) groups is 2. The number of nitrogens with zero attached hydrogens (tertiary/aromatic N) is 3. The van der Waals surface area contributed by atoms with E-state index in [-0.39, 0.29) is 24.3 Å². The Labute approximate surface area is 225 Å². The van der Waals surface area contributed by atoms with E-state index in [9.17, 15) is 9.59 Å². The highest BCUT2D eigenvalue weighted by atomic mass is 35.5. The molecule has 1 N–H and O–H groups in total. The second-order valence-electron chi connectivity index (χ2n) is 9.50. The van der Waals surface area contributed by atoms with E-state index in [2.05, 4.69) is 41.5 Å². The van der Waals surface area contributed by atoms with Crippen molar-refractivity contribution >= 4 is 51.7 Å². The largest absolute Gasteiger partial charge is 0.326 e. The van der Waals surface area contributed by atoms with Crippen LogP contribution < -0.4 is 5.32 Å². The minimum absolute atomic E-state index is 0.0392. The first-order valence-electron chi connectivity index (χ1n) is 12.1. The summed E-state index contributed by atoms with van der Waals surface area (Å²) in [4.78, 5) is 29.9. The molecule has 0 unspecified atom stereocenters. The molecule has 5 rings (SSSR count). The number of rotatable bonds is 5. The minimum atomic E-state index is -0.592. The van der Waals surface area contributed by atoms with E-state index < -0.39 is 5.25 Å². The molecule has 8 heteroatoms. The number of benzene rings is 3. The van der Waals surface area contributed by atoms with Gasteiger partial charge in [-0.15, -0.1) is 0 Å². The standard InChI is InChI=1S/C29H27ClN4O2S/c1-17-4-6-20(7-5-17)24-15-25(21-8-10-22(30)11-9-21)34(33-24)29-32-28(36)26(37-29)16-27(35)31-23-13-18(2)12-19(3)14-23/h4-14,25-26H,15-16H2,1-3H3,(H,31,35)/t25-,26+/m0/s1. The maximum absolute atomic E-state index is 12.8. The van der Waals surface area contributed by atoms with Crippen molar-refractivity contribution in [1.29, 1.82) is 0 Å². The number of thioether (sulfide) groups is 1. The molecule has 0 bridgehead atoms. The number of aryl methyl sites for hydroxylation is 3. The van der Waals surface area contributed by atoms with Crippen LogP contribution in [0.3, 0.4) is 0 Å². The molecule has 2 aliphatic rings. The van der Waals surface area contributed by atoms with Crippen molar-refractivity contribution in [1.82, 2.24) is 5.01 Å². The van der Waals surface area contributed by atoms with Crippen LogP contribution >= 0.6 is 23.4 Å². The Balaban J connectivity index is 1.35. The number of anilines is 1. The lowest BCUT2D eigenvalue weighted by atomic mass is 9.98. The number of amides is 2. The summed E-state index contributed by atoms with van der Waals surface area (Å²) in [6.07, 6.45) is 0.702. The first-order chi connectivity index (χ1) is 17.7. The van der Waals surface area contributed by atoms with Gasteiger partial charge in [0.2, 0.25) is 5.91 Å². The Morgan fingerprint density at radius 1 is 1.00 bits per heavy atom. The summed E-state index contributed by atoms with van der Waals surface area (Å²) in [5.41, 5.74) is 7.03. The van der Waals surface area contributed by atoms with Crippen LogP contribution in [0.5, 0.6) is 0 Å². The maximum Gasteiger partial charge on any atom is 0.262 e. The van der Waals surface area contributed by atoms with E-state index in [1.54, 1.807) is 0 Å². The molecule has 0 aliphatic carbocycles. The van der Waals surface area contributed by atoms with Crippen LogP contribution in [0.15, 0.2) is 76.8 Å². The third-order valence-corrected chi connectivity index (χ3v) is 7.75. The van der Waals surface area contributed by atoms with E-state index in [1.807, 2.05) is 61.3 Å². The number of aliphatic imine (C=N–C) groups is 1. The lowest BCUT2D eigenvalue weighted by molar-refractivity contribution is -0.121. The maximum atomic E-state index is 12.8. The van der Waals surface area contributed by atoms with Crippen molar-refractivity contribution in [2.75, 3.05) is 5.32 Å². The first-order valence-corrected chi connectivity index (χ1v) is 13.4. The van der Waals surface area contributed by atoms with Crippen molar-refractivity contribution in [2.24, 2.45) is 10.1 Å². The van der Waals surface area contributed by atoms with Gasteiger partial charge in [0.25, 0.3) is 5.91 Å². The summed E-state index contributed by atoms with van der Waals surface area (Å²) in [7, 11) is 0. The number of nitrogens with one attached hydrogen (secondary N) is 1. The van der Waals surface area contributed by atoms with Gasteiger partial charge in [-0.3, -0.25) is 9.59 Å². The number of carbonyl (C=O) groups excluding carboxylic acids is 2. The number of hydrogen-bond donors (Lipinski definition) is 1.